The molecule has 0 bridgehead atoms. The second kappa shape index (κ2) is 5.83. The van der Waals surface area contributed by atoms with Gasteiger partial charge < -0.3 is 5.11 Å². The fourth-order valence-corrected chi connectivity index (χ4v) is 5.11. The van der Waals surface area contributed by atoms with Crippen LogP contribution in [0.2, 0.25) is 0 Å². The van der Waals surface area contributed by atoms with E-state index < -0.39 is 5.60 Å². The van der Waals surface area contributed by atoms with Crippen LogP contribution < -0.4 is 0 Å². The first-order valence-corrected chi connectivity index (χ1v) is 8.63. The van der Waals surface area contributed by atoms with Gasteiger partial charge >= 0.3 is 0 Å². The van der Waals surface area contributed by atoms with Crippen molar-refractivity contribution in [2.75, 3.05) is 0 Å². The normalized spacial score (nSPS) is 38.9. The van der Waals surface area contributed by atoms with Gasteiger partial charge in [0.05, 0.1) is 5.60 Å². The van der Waals surface area contributed by atoms with E-state index in [2.05, 4.69) is 26.8 Å². The lowest BCUT2D eigenvalue weighted by molar-refractivity contribution is 0.0692. The zero-order valence-electron chi connectivity index (χ0n) is 14.2. The van der Waals surface area contributed by atoms with Gasteiger partial charge in [0.1, 0.15) is 0 Å². The maximum atomic E-state index is 9.84. The minimum absolute atomic E-state index is 0.530. The van der Waals surface area contributed by atoms with Crippen LogP contribution in [0.15, 0.2) is 11.6 Å². The van der Waals surface area contributed by atoms with Gasteiger partial charge in [0, 0.05) is 0 Å². The summed E-state index contributed by atoms with van der Waals surface area (Å²) in [4.78, 5) is 0. The van der Waals surface area contributed by atoms with Crippen molar-refractivity contribution in [1.82, 2.24) is 0 Å². The Kier molecular flexibility index (Phi) is 4.69. The SMILES string of the molecule is CC(=CCCC(C)(C)O)C1CCC2C(C)CCCC12C. The molecule has 0 amide bonds. The van der Waals surface area contributed by atoms with Gasteiger partial charge in [-0.25, -0.2) is 0 Å². The molecular weight excluding hydrogens is 244 g/mol. The molecule has 0 aromatic heterocycles. The quantitative estimate of drug-likeness (QED) is 0.688. The van der Waals surface area contributed by atoms with Crippen molar-refractivity contribution in [2.45, 2.75) is 85.2 Å². The summed E-state index contributed by atoms with van der Waals surface area (Å²) in [5.74, 6) is 2.65. The van der Waals surface area contributed by atoms with Crippen LogP contribution in [-0.4, -0.2) is 10.7 Å². The predicted molar refractivity (Wildman–Crippen MR) is 86.6 cm³/mol. The zero-order chi connectivity index (χ0) is 15.0. The Bertz CT molecular complexity index is 362. The summed E-state index contributed by atoms with van der Waals surface area (Å²) < 4.78 is 0. The van der Waals surface area contributed by atoms with Crippen molar-refractivity contribution in [3.63, 3.8) is 0 Å². The topological polar surface area (TPSA) is 20.2 Å². The van der Waals surface area contributed by atoms with E-state index in [1.54, 1.807) is 5.57 Å². The van der Waals surface area contributed by atoms with E-state index in [0.717, 1.165) is 30.6 Å². The molecule has 0 heterocycles. The third-order valence-corrected chi connectivity index (χ3v) is 6.24. The standard InChI is InChI=1S/C19H34O/c1-14(8-6-12-18(3,4)20)16-10-11-17-15(2)9-7-13-19(16,17)5/h8,15-17,20H,6-7,9-13H2,1-5H3. The first kappa shape index (κ1) is 16.1. The number of rotatable bonds is 4. The molecule has 20 heavy (non-hydrogen) atoms. The van der Waals surface area contributed by atoms with Crippen LogP contribution in [0.1, 0.15) is 79.6 Å². The van der Waals surface area contributed by atoms with Crippen LogP contribution >= 0.6 is 0 Å². The van der Waals surface area contributed by atoms with Gasteiger partial charge in [-0.2, -0.15) is 0 Å². The summed E-state index contributed by atoms with van der Waals surface area (Å²) in [6.07, 6.45) is 11.4. The Morgan fingerprint density at radius 3 is 2.65 bits per heavy atom. The summed E-state index contributed by atoms with van der Waals surface area (Å²) in [5.41, 5.74) is 1.61. The summed E-state index contributed by atoms with van der Waals surface area (Å²) in [6.45, 7) is 11.2. The van der Waals surface area contributed by atoms with Crippen LogP contribution in [0.25, 0.3) is 0 Å². The molecule has 116 valence electrons. The van der Waals surface area contributed by atoms with Gasteiger partial charge in [0.15, 0.2) is 0 Å². The predicted octanol–water partition coefficient (Wildman–Crippen LogP) is 5.34. The maximum absolute atomic E-state index is 9.84. The van der Waals surface area contributed by atoms with E-state index >= 15 is 0 Å². The molecule has 0 spiro atoms. The maximum Gasteiger partial charge on any atom is 0.0594 e. The molecule has 2 fully saturated rings. The number of fused-ring (bicyclic) bond motifs is 1. The van der Waals surface area contributed by atoms with E-state index in [-0.39, 0.29) is 0 Å². The summed E-state index contributed by atoms with van der Waals surface area (Å²) in [7, 11) is 0. The van der Waals surface area contributed by atoms with E-state index in [1.807, 2.05) is 13.8 Å². The van der Waals surface area contributed by atoms with Crippen molar-refractivity contribution in [2.24, 2.45) is 23.2 Å². The Morgan fingerprint density at radius 1 is 1.30 bits per heavy atom. The zero-order valence-corrected chi connectivity index (χ0v) is 14.2. The molecule has 1 nitrogen and oxygen atoms in total. The van der Waals surface area contributed by atoms with Crippen molar-refractivity contribution in [3.05, 3.63) is 11.6 Å². The van der Waals surface area contributed by atoms with Gasteiger partial charge in [-0.1, -0.05) is 38.3 Å². The van der Waals surface area contributed by atoms with Crippen LogP contribution in [0.3, 0.4) is 0 Å². The van der Waals surface area contributed by atoms with Gasteiger partial charge in [-0.3, -0.25) is 0 Å². The molecule has 0 aliphatic heterocycles. The average molecular weight is 278 g/mol. The second-order valence-electron chi connectivity index (χ2n) is 8.41. The van der Waals surface area contributed by atoms with Gasteiger partial charge in [-0.05, 0) is 76.0 Å². The third kappa shape index (κ3) is 3.30. The molecular formula is C19H34O. The fourth-order valence-electron chi connectivity index (χ4n) is 5.11. The smallest absolute Gasteiger partial charge is 0.0594 e. The monoisotopic (exact) mass is 278 g/mol. The van der Waals surface area contributed by atoms with Gasteiger partial charge in [-0.15, -0.1) is 0 Å². The van der Waals surface area contributed by atoms with Crippen molar-refractivity contribution in [1.29, 1.82) is 0 Å². The van der Waals surface area contributed by atoms with Crippen molar-refractivity contribution >= 4 is 0 Å². The summed E-state index contributed by atoms with van der Waals surface area (Å²) in [6, 6.07) is 0. The second-order valence-corrected chi connectivity index (χ2v) is 8.41. The lowest BCUT2D eigenvalue weighted by Crippen LogP contribution is -2.36. The molecule has 0 aromatic rings. The molecule has 2 aliphatic carbocycles. The molecule has 1 N–H and O–H groups in total. The Balaban J connectivity index is 2.03. The highest BCUT2D eigenvalue weighted by molar-refractivity contribution is 5.14. The average Bonchev–Trinajstić information content (AvgIpc) is 2.66. The molecule has 0 radical (unpaired) electrons. The van der Waals surface area contributed by atoms with E-state index in [4.69, 9.17) is 0 Å². The highest BCUT2D eigenvalue weighted by Crippen LogP contribution is 2.59. The van der Waals surface area contributed by atoms with Gasteiger partial charge in [0.2, 0.25) is 0 Å². The largest absolute Gasteiger partial charge is 0.390 e. The van der Waals surface area contributed by atoms with Crippen molar-refractivity contribution in [3.8, 4) is 0 Å². The molecule has 0 saturated heterocycles. The van der Waals surface area contributed by atoms with Crippen LogP contribution in [0.5, 0.6) is 0 Å². The first-order chi connectivity index (χ1) is 9.24. The van der Waals surface area contributed by atoms with E-state index in [9.17, 15) is 5.11 Å². The molecule has 4 atom stereocenters. The van der Waals surface area contributed by atoms with E-state index in [0.29, 0.717) is 5.41 Å². The lowest BCUT2D eigenvalue weighted by Gasteiger charge is -2.44. The number of aliphatic hydroxyl groups is 1. The highest BCUT2D eigenvalue weighted by Gasteiger charge is 2.50. The number of hydrogen-bond donors (Lipinski definition) is 1. The summed E-state index contributed by atoms with van der Waals surface area (Å²) >= 11 is 0. The minimum atomic E-state index is -0.530. The van der Waals surface area contributed by atoms with Crippen LogP contribution in [0, 0.1) is 23.2 Å². The first-order valence-electron chi connectivity index (χ1n) is 8.63. The summed E-state index contributed by atoms with van der Waals surface area (Å²) in [5, 5.41) is 9.84. The number of hydrogen-bond acceptors (Lipinski definition) is 1. The molecule has 2 rings (SSSR count). The highest BCUT2D eigenvalue weighted by atomic mass is 16.3. The van der Waals surface area contributed by atoms with E-state index in [1.165, 1.54) is 32.1 Å². The van der Waals surface area contributed by atoms with Gasteiger partial charge in [0.25, 0.3) is 0 Å². The van der Waals surface area contributed by atoms with Crippen LogP contribution in [-0.2, 0) is 0 Å². The third-order valence-electron chi connectivity index (χ3n) is 6.24. The minimum Gasteiger partial charge on any atom is -0.390 e. The van der Waals surface area contributed by atoms with Crippen LogP contribution in [0.4, 0.5) is 0 Å². The molecule has 4 unspecified atom stereocenters. The lowest BCUT2D eigenvalue weighted by atomic mass is 9.60. The Morgan fingerprint density at radius 2 is 2.00 bits per heavy atom. The molecule has 0 aromatic carbocycles. The number of allylic oxidation sites excluding steroid dienone is 2. The Hall–Kier alpha value is -0.300. The Labute approximate surface area is 125 Å². The van der Waals surface area contributed by atoms with Crippen molar-refractivity contribution < 1.29 is 5.11 Å². The fraction of sp³-hybridized carbons (Fsp3) is 0.895. The molecule has 2 aliphatic rings. The molecule has 1 heteroatoms. The molecule has 2 saturated carbocycles.